The van der Waals surface area contributed by atoms with Crippen LogP contribution in [0.15, 0.2) is 47.4 Å². The fraction of sp³-hybridized carbons (Fsp3) is 0.400. The number of fused-ring (bicyclic) bond motifs is 6. The van der Waals surface area contributed by atoms with Gasteiger partial charge in [-0.25, -0.2) is 21.6 Å². The highest BCUT2D eigenvalue weighted by Gasteiger charge is 2.47. The first-order valence-corrected chi connectivity index (χ1v) is 12.6. The van der Waals surface area contributed by atoms with Crippen molar-refractivity contribution in [1.29, 1.82) is 0 Å². The Morgan fingerprint density at radius 3 is 2.45 bits per heavy atom. The summed E-state index contributed by atoms with van der Waals surface area (Å²) in [6.07, 6.45) is 1.36. The third kappa shape index (κ3) is 3.51. The fourth-order valence-electron chi connectivity index (χ4n) is 5.15. The van der Waals surface area contributed by atoms with Crippen molar-refractivity contribution in [2.45, 2.75) is 69.5 Å². The molecule has 3 heterocycles. The molecular formula is C25H27FN2O4S. The second kappa shape index (κ2) is 7.32. The Labute approximate surface area is 193 Å². The highest BCUT2D eigenvalue weighted by molar-refractivity contribution is 7.90. The van der Waals surface area contributed by atoms with Gasteiger partial charge in [-0.15, -0.1) is 0 Å². The third-order valence-electron chi connectivity index (χ3n) is 6.45. The van der Waals surface area contributed by atoms with Gasteiger partial charge in [-0.3, -0.25) is 4.90 Å². The summed E-state index contributed by atoms with van der Waals surface area (Å²) in [5.74, 6) is -0.445. The minimum atomic E-state index is -3.92. The fourth-order valence-corrected chi connectivity index (χ4v) is 6.72. The van der Waals surface area contributed by atoms with E-state index in [9.17, 15) is 17.6 Å². The van der Waals surface area contributed by atoms with E-state index in [1.807, 2.05) is 27.7 Å². The minimum absolute atomic E-state index is 0.168. The van der Waals surface area contributed by atoms with Crippen molar-refractivity contribution < 1.29 is 22.3 Å². The van der Waals surface area contributed by atoms with Gasteiger partial charge in [-0.2, -0.15) is 0 Å². The van der Waals surface area contributed by atoms with Crippen molar-refractivity contribution in [3.8, 4) is 0 Å². The highest BCUT2D eigenvalue weighted by Crippen LogP contribution is 2.49. The number of nitrogens with zero attached hydrogens (tertiary/aromatic N) is 2. The van der Waals surface area contributed by atoms with E-state index < -0.39 is 27.5 Å². The zero-order chi connectivity index (χ0) is 23.7. The molecule has 0 radical (unpaired) electrons. The van der Waals surface area contributed by atoms with Gasteiger partial charge in [-0.1, -0.05) is 17.7 Å². The maximum atomic E-state index is 14.3. The Morgan fingerprint density at radius 2 is 1.79 bits per heavy atom. The Kier molecular flexibility index (Phi) is 4.87. The molecule has 0 aliphatic carbocycles. The Hall–Kier alpha value is -2.87. The molecule has 0 N–H and O–H groups in total. The van der Waals surface area contributed by atoms with Crippen molar-refractivity contribution in [2.75, 3.05) is 0 Å². The van der Waals surface area contributed by atoms with E-state index in [1.54, 1.807) is 29.2 Å². The van der Waals surface area contributed by atoms with Gasteiger partial charge in [0.15, 0.2) is 0 Å². The number of carbonyl (C=O) groups is 1. The largest absolute Gasteiger partial charge is 0.444 e. The van der Waals surface area contributed by atoms with Gasteiger partial charge in [0.2, 0.25) is 0 Å². The standard InChI is InChI=1S/C25H27FN2O4S/c1-15-5-9-18(10-6-15)33(30,31)28-20-11-7-16(26)13-19(20)23-21-12-8-17(14-22(23)28)27(21)24(29)32-25(2,3)4/h5-7,9-11,13,17,21H,8,12,14H2,1-4H3. The summed E-state index contributed by atoms with van der Waals surface area (Å²) in [6, 6.07) is 10.4. The molecule has 33 heavy (non-hydrogen) atoms. The second-order valence-electron chi connectivity index (χ2n) is 9.94. The smallest absolute Gasteiger partial charge is 0.411 e. The molecule has 2 unspecified atom stereocenters. The molecule has 2 atom stereocenters. The number of benzene rings is 2. The van der Waals surface area contributed by atoms with Crippen LogP contribution in [0, 0.1) is 12.7 Å². The Morgan fingerprint density at radius 1 is 1.09 bits per heavy atom. The van der Waals surface area contributed by atoms with Gasteiger partial charge < -0.3 is 4.74 Å². The molecule has 0 saturated carbocycles. The molecule has 2 aliphatic heterocycles. The summed E-state index contributed by atoms with van der Waals surface area (Å²) < 4.78 is 48.9. The van der Waals surface area contributed by atoms with Gasteiger partial charge in [0.1, 0.15) is 11.4 Å². The van der Waals surface area contributed by atoms with E-state index in [1.165, 1.54) is 22.2 Å². The van der Waals surface area contributed by atoms with Crippen LogP contribution in [0.5, 0.6) is 0 Å². The number of amides is 1. The van der Waals surface area contributed by atoms with Gasteiger partial charge in [0.25, 0.3) is 10.0 Å². The molecule has 1 amide bonds. The molecule has 2 aliphatic rings. The molecule has 1 fully saturated rings. The lowest BCUT2D eigenvalue weighted by Gasteiger charge is -2.36. The Bertz CT molecular complexity index is 1370. The van der Waals surface area contributed by atoms with Gasteiger partial charge in [0, 0.05) is 29.1 Å². The lowest BCUT2D eigenvalue weighted by Crippen LogP contribution is -2.45. The summed E-state index contributed by atoms with van der Waals surface area (Å²) in [5.41, 5.74) is 2.08. The number of halogens is 1. The zero-order valence-electron chi connectivity index (χ0n) is 19.1. The first kappa shape index (κ1) is 21.9. The van der Waals surface area contributed by atoms with Crippen LogP contribution in [0.2, 0.25) is 0 Å². The maximum absolute atomic E-state index is 14.3. The second-order valence-corrected chi connectivity index (χ2v) is 11.7. The van der Waals surface area contributed by atoms with Crippen LogP contribution in [-0.2, 0) is 21.2 Å². The number of rotatable bonds is 2. The van der Waals surface area contributed by atoms with E-state index in [-0.39, 0.29) is 17.0 Å². The van der Waals surface area contributed by atoms with Gasteiger partial charge in [0.05, 0.1) is 16.5 Å². The molecule has 1 aromatic heterocycles. The average Bonchev–Trinajstić information content (AvgIpc) is 3.21. The SMILES string of the molecule is Cc1ccc(S(=O)(=O)n2c3c(c4cc(F)ccc42)C2CCC(C3)N2C(=O)OC(C)(C)C)cc1. The van der Waals surface area contributed by atoms with Crippen LogP contribution in [-0.4, -0.2) is 35.0 Å². The lowest BCUT2D eigenvalue weighted by molar-refractivity contribution is 0.0125. The number of aryl methyl sites for hydroxylation is 1. The van der Waals surface area contributed by atoms with E-state index in [0.29, 0.717) is 35.0 Å². The van der Waals surface area contributed by atoms with Crippen molar-refractivity contribution in [1.82, 2.24) is 8.87 Å². The summed E-state index contributed by atoms with van der Waals surface area (Å²) >= 11 is 0. The van der Waals surface area contributed by atoms with Crippen molar-refractivity contribution in [3.05, 3.63) is 65.1 Å². The monoisotopic (exact) mass is 470 g/mol. The predicted molar refractivity (Wildman–Crippen MR) is 123 cm³/mol. The van der Waals surface area contributed by atoms with Crippen molar-refractivity contribution in [2.24, 2.45) is 0 Å². The van der Waals surface area contributed by atoms with Crippen LogP contribution in [0.4, 0.5) is 9.18 Å². The summed E-state index contributed by atoms with van der Waals surface area (Å²) in [5, 5.41) is 0.527. The van der Waals surface area contributed by atoms with Crippen LogP contribution in [0.1, 0.15) is 56.5 Å². The van der Waals surface area contributed by atoms with Gasteiger partial charge in [-0.05, 0) is 70.9 Å². The molecule has 0 spiro atoms. The number of aromatic nitrogens is 1. The highest BCUT2D eigenvalue weighted by atomic mass is 32.2. The molecule has 2 bridgehead atoms. The van der Waals surface area contributed by atoms with Crippen LogP contribution < -0.4 is 0 Å². The first-order valence-electron chi connectivity index (χ1n) is 11.1. The minimum Gasteiger partial charge on any atom is -0.444 e. The number of carbonyl (C=O) groups excluding carboxylic acids is 1. The number of ether oxygens (including phenoxy) is 1. The molecule has 5 rings (SSSR count). The van der Waals surface area contributed by atoms with Crippen molar-refractivity contribution in [3.63, 3.8) is 0 Å². The molecule has 6 nitrogen and oxygen atoms in total. The normalized spacial score (nSPS) is 20.2. The van der Waals surface area contributed by atoms with Crippen LogP contribution >= 0.6 is 0 Å². The third-order valence-corrected chi connectivity index (χ3v) is 8.22. The maximum Gasteiger partial charge on any atom is 0.411 e. The van der Waals surface area contributed by atoms with E-state index >= 15 is 0 Å². The summed E-state index contributed by atoms with van der Waals surface area (Å²) in [4.78, 5) is 15.0. The molecule has 2 aromatic carbocycles. The topological polar surface area (TPSA) is 68.6 Å². The molecule has 174 valence electrons. The zero-order valence-corrected chi connectivity index (χ0v) is 19.9. The summed E-state index contributed by atoms with van der Waals surface area (Å²) in [6.45, 7) is 7.35. The van der Waals surface area contributed by atoms with Crippen LogP contribution in [0.25, 0.3) is 10.9 Å². The number of hydrogen-bond acceptors (Lipinski definition) is 4. The van der Waals surface area contributed by atoms with E-state index in [4.69, 9.17) is 4.74 Å². The first-order chi connectivity index (χ1) is 15.5. The average molecular weight is 471 g/mol. The van der Waals surface area contributed by atoms with Crippen molar-refractivity contribution >= 4 is 27.0 Å². The molecule has 8 heteroatoms. The molecule has 1 saturated heterocycles. The summed E-state index contributed by atoms with van der Waals surface area (Å²) in [7, 11) is -3.92. The predicted octanol–water partition coefficient (Wildman–Crippen LogP) is 5.32. The van der Waals surface area contributed by atoms with E-state index in [0.717, 1.165) is 12.0 Å². The quantitative estimate of drug-likeness (QED) is 0.508. The van der Waals surface area contributed by atoms with Gasteiger partial charge >= 0.3 is 6.09 Å². The molecule has 3 aromatic rings. The lowest BCUT2D eigenvalue weighted by atomic mass is 9.97. The number of hydrogen-bond donors (Lipinski definition) is 0. The Balaban J connectivity index is 1.71. The van der Waals surface area contributed by atoms with Crippen LogP contribution in [0.3, 0.4) is 0 Å². The van der Waals surface area contributed by atoms with E-state index in [2.05, 4.69) is 0 Å². The molecular weight excluding hydrogens is 443 g/mol.